The van der Waals surface area contributed by atoms with Gasteiger partial charge in [0.15, 0.2) is 0 Å². The number of aliphatic imine (C=N–C) groups is 1. The van der Waals surface area contributed by atoms with Crippen molar-refractivity contribution in [1.82, 2.24) is 0 Å². The summed E-state index contributed by atoms with van der Waals surface area (Å²) in [5.74, 6) is 0.432. The highest BCUT2D eigenvalue weighted by Gasteiger charge is 2.21. The van der Waals surface area contributed by atoms with Gasteiger partial charge in [0.2, 0.25) is 6.08 Å². The summed E-state index contributed by atoms with van der Waals surface area (Å²) in [6.07, 6.45) is 2.58. The van der Waals surface area contributed by atoms with Gasteiger partial charge < -0.3 is 4.74 Å². The van der Waals surface area contributed by atoms with E-state index in [4.69, 9.17) is 4.74 Å². The number of hydrogen-bond donors (Lipinski definition) is 0. The van der Waals surface area contributed by atoms with Crippen molar-refractivity contribution in [2.24, 2.45) is 10.9 Å². The first kappa shape index (κ1) is 7.45. The quantitative estimate of drug-likeness (QED) is 0.420. The van der Waals surface area contributed by atoms with E-state index in [-0.39, 0.29) is 6.04 Å². The Balaban J connectivity index is 2.39. The molecule has 2 unspecified atom stereocenters. The molecule has 0 spiro atoms. The SMILES string of the molecule is CC(N=C=O)C1CCOC1. The molecule has 1 aliphatic heterocycles. The number of carbonyl (C=O) groups excluding carboxylic acids is 1. The van der Waals surface area contributed by atoms with Crippen molar-refractivity contribution in [3.8, 4) is 0 Å². The summed E-state index contributed by atoms with van der Waals surface area (Å²) in [6.45, 7) is 3.47. The number of isocyanates is 1. The van der Waals surface area contributed by atoms with Crippen LogP contribution in [0.25, 0.3) is 0 Å². The predicted molar refractivity (Wildman–Crippen MR) is 36.5 cm³/mol. The summed E-state index contributed by atoms with van der Waals surface area (Å²) in [5.41, 5.74) is 0. The average Bonchev–Trinajstić information content (AvgIpc) is 2.38. The van der Waals surface area contributed by atoms with Gasteiger partial charge >= 0.3 is 0 Å². The van der Waals surface area contributed by atoms with E-state index < -0.39 is 0 Å². The average molecular weight is 141 g/mol. The molecule has 0 aromatic heterocycles. The highest BCUT2D eigenvalue weighted by molar-refractivity contribution is 5.33. The molecule has 3 nitrogen and oxygen atoms in total. The minimum absolute atomic E-state index is 0.0833. The molecule has 1 fully saturated rings. The molecule has 0 aliphatic carbocycles. The van der Waals surface area contributed by atoms with Crippen molar-refractivity contribution in [3.63, 3.8) is 0 Å². The van der Waals surface area contributed by atoms with Gasteiger partial charge in [-0.25, -0.2) is 9.79 Å². The van der Waals surface area contributed by atoms with Crippen LogP contribution in [0.2, 0.25) is 0 Å². The lowest BCUT2D eigenvalue weighted by molar-refractivity contribution is 0.182. The van der Waals surface area contributed by atoms with Crippen LogP contribution in [0.3, 0.4) is 0 Å². The fraction of sp³-hybridized carbons (Fsp3) is 0.857. The molecule has 0 aromatic rings. The second kappa shape index (κ2) is 3.49. The second-order valence-electron chi connectivity index (χ2n) is 2.58. The predicted octanol–water partition coefficient (Wildman–Crippen LogP) is 0.747. The van der Waals surface area contributed by atoms with Gasteiger partial charge in [0, 0.05) is 12.5 Å². The van der Waals surface area contributed by atoms with Gasteiger partial charge in [-0.3, -0.25) is 0 Å². The largest absolute Gasteiger partial charge is 0.381 e. The second-order valence-corrected chi connectivity index (χ2v) is 2.58. The Bertz CT molecular complexity index is 146. The molecule has 3 heteroatoms. The van der Waals surface area contributed by atoms with Crippen LogP contribution in [-0.2, 0) is 9.53 Å². The van der Waals surface area contributed by atoms with Crippen LogP contribution in [0, 0.1) is 5.92 Å². The summed E-state index contributed by atoms with van der Waals surface area (Å²) in [5, 5.41) is 0. The van der Waals surface area contributed by atoms with Gasteiger partial charge in [-0.2, -0.15) is 0 Å². The topological polar surface area (TPSA) is 38.7 Å². The van der Waals surface area contributed by atoms with E-state index in [0.717, 1.165) is 19.6 Å². The third kappa shape index (κ3) is 1.66. The number of rotatable bonds is 2. The van der Waals surface area contributed by atoms with Gasteiger partial charge in [0.1, 0.15) is 0 Å². The Morgan fingerprint density at radius 1 is 1.80 bits per heavy atom. The Hall–Kier alpha value is -0.660. The van der Waals surface area contributed by atoms with Crippen LogP contribution in [0.15, 0.2) is 4.99 Å². The number of hydrogen-bond acceptors (Lipinski definition) is 3. The third-order valence-electron chi connectivity index (χ3n) is 1.90. The van der Waals surface area contributed by atoms with E-state index in [2.05, 4.69) is 4.99 Å². The zero-order valence-electron chi connectivity index (χ0n) is 6.04. The van der Waals surface area contributed by atoms with Crippen LogP contribution in [0.4, 0.5) is 0 Å². The molecular weight excluding hydrogens is 130 g/mol. The third-order valence-corrected chi connectivity index (χ3v) is 1.90. The fourth-order valence-electron chi connectivity index (χ4n) is 1.12. The van der Waals surface area contributed by atoms with Gasteiger partial charge in [0.25, 0.3) is 0 Å². The molecule has 0 amide bonds. The van der Waals surface area contributed by atoms with E-state index >= 15 is 0 Å². The van der Waals surface area contributed by atoms with Gasteiger partial charge in [-0.15, -0.1) is 0 Å². The molecular formula is C7H11NO2. The van der Waals surface area contributed by atoms with Crippen molar-refractivity contribution in [2.45, 2.75) is 19.4 Å². The van der Waals surface area contributed by atoms with Crippen LogP contribution < -0.4 is 0 Å². The lowest BCUT2D eigenvalue weighted by Gasteiger charge is -2.08. The minimum atomic E-state index is 0.0833. The maximum atomic E-state index is 9.84. The minimum Gasteiger partial charge on any atom is -0.381 e. The van der Waals surface area contributed by atoms with Crippen molar-refractivity contribution < 1.29 is 9.53 Å². The maximum Gasteiger partial charge on any atom is 0.235 e. The highest BCUT2D eigenvalue weighted by atomic mass is 16.5. The summed E-state index contributed by atoms with van der Waals surface area (Å²) in [6, 6.07) is 0.0833. The summed E-state index contributed by atoms with van der Waals surface area (Å²) < 4.78 is 5.13. The van der Waals surface area contributed by atoms with Gasteiger partial charge in [0.05, 0.1) is 12.6 Å². The van der Waals surface area contributed by atoms with Crippen molar-refractivity contribution >= 4 is 6.08 Å². The lowest BCUT2D eigenvalue weighted by atomic mass is 10.0. The molecule has 1 rings (SSSR count). The maximum absolute atomic E-state index is 9.84. The number of nitrogens with zero attached hydrogens (tertiary/aromatic N) is 1. The van der Waals surface area contributed by atoms with Crippen LogP contribution in [0.5, 0.6) is 0 Å². The molecule has 1 saturated heterocycles. The van der Waals surface area contributed by atoms with Crippen LogP contribution in [0.1, 0.15) is 13.3 Å². The first-order chi connectivity index (χ1) is 4.84. The molecule has 0 radical (unpaired) electrons. The molecule has 56 valence electrons. The molecule has 0 bridgehead atoms. The summed E-state index contributed by atoms with van der Waals surface area (Å²) >= 11 is 0. The van der Waals surface area contributed by atoms with E-state index in [1.165, 1.54) is 0 Å². The zero-order chi connectivity index (χ0) is 7.40. The molecule has 10 heavy (non-hydrogen) atoms. The monoisotopic (exact) mass is 141 g/mol. The lowest BCUT2D eigenvalue weighted by Crippen LogP contribution is -2.14. The van der Waals surface area contributed by atoms with Crippen LogP contribution in [-0.4, -0.2) is 25.3 Å². The van der Waals surface area contributed by atoms with E-state index in [1.54, 1.807) is 6.08 Å². The van der Waals surface area contributed by atoms with Gasteiger partial charge in [-0.05, 0) is 13.3 Å². The molecule has 2 atom stereocenters. The van der Waals surface area contributed by atoms with Gasteiger partial charge in [-0.1, -0.05) is 0 Å². The van der Waals surface area contributed by atoms with Crippen molar-refractivity contribution in [2.75, 3.05) is 13.2 Å². The standard InChI is InChI=1S/C7H11NO2/c1-6(8-5-9)7-2-3-10-4-7/h6-7H,2-4H2,1H3. The molecule has 0 saturated carbocycles. The van der Waals surface area contributed by atoms with E-state index in [9.17, 15) is 4.79 Å². The van der Waals surface area contributed by atoms with E-state index in [0.29, 0.717) is 5.92 Å². The first-order valence-corrected chi connectivity index (χ1v) is 3.49. The Morgan fingerprint density at radius 3 is 3.10 bits per heavy atom. The Labute approximate surface area is 60.1 Å². The van der Waals surface area contributed by atoms with Crippen LogP contribution >= 0.6 is 0 Å². The Kier molecular flexibility index (Phi) is 2.60. The fourth-order valence-corrected chi connectivity index (χ4v) is 1.12. The summed E-state index contributed by atoms with van der Waals surface area (Å²) in [4.78, 5) is 13.5. The van der Waals surface area contributed by atoms with Crippen molar-refractivity contribution in [1.29, 1.82) is 0 Å². The zero-order valence-corrected chi connectivity index (χ0v) is 6.04. The first-order valence-electron chi connectivity index (χ1n) is 3.49. The molecule has 0 N–H and O–H groups in total. The highest BCUT2D eigenvalue weighted by Crippen LogP contribution is 2.17. The molecule has 1 aliphatic rings. The molecule has 1 heterocycles. The van der Waals surface area contributed by atoms with E-state index in [1.807, 2.05) is 6.92 Å². The summed E-state index contributed by atoms with van der Waals surface area (Å²) in [7, 11) is 0. The normalized spacial score (nSPS) is 27.5. The number of ether oxygens (including phenoxy) is 1. The smallest absolute Gasteiger partial charge is 0.235 e. The Morgan fingerprint density at radius 2 is 2.60 bits per heavy atom. The van der Waals surface area contributed by atoms with Crippen molar-refractivity contribution in [3.05, 3.63) is 0 Å². The molecule has 0 aromatic carbocycles.